The molecule has 0 aromatic heterocycles. The van der Waals surface area contributed by atoms with Gasteiger partial charge in [0.1, 0.15) is 23.0 Å². The summed E-state index contributed by atoms with van der Waals surface area (Å²) in [5.74, 6) is 1.31. The van der Waals surface area contributed by atoms with E-state index in [0.29, 0.717) is 23.0 Å². The van der Waals surface area contributed by atoms with Crippen molar-refractivity contribution in [2.45, 2.75) is 0 Å². The quantitative estimate of drug-likeness (QED) is 0.168. The van der Waals surface area contributed by atoms with E-state index in [9.17, 15) is 18.9 Å². The minimum atomic E-state index is -4.67. The SMILES string of the molecule is O=P1(O)Oc2c(-c3cccc4ccccc34)cc3ccccc3c2-c2c(c(-c3cccc4ccccc34)cc3ccccc23)O1.O=P1(O)Oc2c(-c3cccc4ccccc34)cc3ccccc3c2-c2c(c(-c3cccc4ccccc34)cc3ccccc23)O1. The fourth-order valence-electron chi connectivity index (χ4n) is 13.8. The van der Waals surface area contributed by atoms with Gasteiger partial charge in [0.2, 0.25) is 0 Å². The highest BCUT2D eigenvalue weighted by molar-refractivity contribution is 7.48. The summed E-state index contributed by atoms with van der Waals surface area (Å²) in [6.07, 6.45) is 0. The Morgan fingerprint density at radius 3 is 0.600 bits per heavy atom. The molecule has 428 valence electrons. The number of rotatable bonds is 4. The van der Waals surface area contributed by atoms with Crippen molar-refractivity contribution < 1.29 is 37.0 Å². The van der Waals surface area contributed by atoms with Gasteiger partial charge in [0, 0.05) is 44.5 Å². The lowest BCUT2D eigenvalue weighted by Gasteiger charge is -2.19. The molecule has 0 spiro atoms. The first-order valence-electron chi connectivity index (χ1n) is 29.7. The van der Waals surface area contributed by atoms with Gasteiger partial charge in [-0.3, -0.25) is 9.79 Å². The Kier molecular flexibility index (Phi) is 12.4. The minimum Gasteiger partial charge on any atom is -0.394 e. The van der Waals surface area contributed by atoms with E-state index >= 15 is 0 Å². The highest BCUT2D eigenvalue weighted by Gasteiger charge is 2.40. The van der Waals surface area contributed by atoms with Gasteiger partial charge in [-0.1, -0.05) is 267 Å². The molecule has 18 rings (SSSR count). The summed E-state index contributed by atoms with van der Waals surface area (Å²) in [4.78, 5) is 22.9. The van der Waals surface area contributed by atoms with Gasteiger partial charge in [-0.05, 0) is 133 Å². The predicted octanol–water partition coefficient (Wildman–Crippen LogP) is 22.3. The number of benzene rings is 16. The fraction of sp³-hybridized carbons (Fsp3) is 0. The zero-order valence-electron chi connectivity index (χ0n) is 48.0. The molecule has 16 aromatic carbocycles. The van der Waals surface area contributed by atoms with Crippen LogP contribution in [-0.2, 0) is 9.13 Å². The summed E-state index contributed by atoms with van der Waals surface area (Å²) >= 11 is 0. The zero-order chi connectivity index (χ0) is 60.2. The Morgan fingerprint density at radius 2 is 0.378 bits per heavy atom. The first kappa shape index (κ1) is 53.4. The van der Waals surface area contributed by atoms with Crippen LogP contribution in [0.25, 0.3) is 153 Å². The Balaban J connectivity index is 0.000000139. The molecule has 0 aliphatic carbocycles. The highest BCUT2D eigenvalue weighted by atomic mass is 31.2. The second kappa shape index (κ2) is 20.9. The molecule has 0 saturated heterocycles. The normalized spacial score (nSPS) is 13.6. The van der Waals surface area contributed by atoms with Crippen molar-refractivity contribution in [1.29, 1.82) is 0 Å². The van der Waals surface area contributed by atoms with Crippen molar-refractivity contribution in [3.05, 3.63) is 291 Å². The summed E-state index contributed by atoms with van der Waals surface area (Å²) in [7, 11) is -9.33. The van der Waals surface area contributed by atoms with Crippen LogP contribution in [0, 0.1) is 0 Å². The van der Waals surface area contributed by atoms with E-state index in [1.807, 2.05) is 170 Å². The smallest absolute Gasteiger partial charge is 0.394 e. The van der Waals surface area contributed by atoms with E-state index in [1.54, 1.807) is 0 Å². The molecule has 16 aromatic rings. The Hall–Kier alpha value is -10.8. The zero-order valence-corrected chi connectivity index (χ0v) is 49.7. The summed E-state index contributed by atoms with van der Waals surface area (Å²) in [5, 5.41) is 15.9. The van der Waals surface area contributed by atoms with E-state index in [0.717, 1.165) is 153 Å². The molecular formula is C80H50O8P2. The second-order valence-electron chi connectivity index (χ2n) is 22.8. The molecule has 2 heterocycles. The fourth-order valence-corrected chi connectivity index (χ4v) is 15.6. The molecule has 90 heavy (non-hydrogen) atoms. The maximum absolute atomic E-state index is 14.1. The van der Waals surface area contributed by atoms with E-state index < -0.39 is 15.6 Å². The van der Waals surface area contributed by atoms with E-state index in [1.165, 1.54) is 0 Å². The molecule has 0 atom stereocenters. The van der Waals surface area contributed by atoms with E-state index in [2.05, 4.69) is 121 Å². The monoisotopic (exact) mass is 1200 g/mol. The van der Waals surface area contributed by atoms with Crippen LogP contribution in [0.2, 0.25) is 0 Å². The molecule has 10 heteroatoms. The summed E-state index contributed by atoms with van der Waals surface area (Å²) < 4.78 is 52.9. The van der Waals surface area contributed by atoms with Crippen LogP contribution in [0.3, 0.4) is 0 Å². The number of hydrogen-bond acceptors (Lipinski definition) is 6. The minimum absolute atomic E-state index is 0.329. The van der Waals surface area contributed by atoms with Crippen LogP contribution >= 0.6 is 15.6 Å². The molecule has 0 unspecified atom stereocenters. The number of hydrogen-bond donors (Lipinski definition) is 2. The van der Waals surface area contributed by atoms with E-state index in [4.69, 9.17) is 18.1 Å². The molecule has 0 bridgehead atoms. The Morgan fingerprint density at radius 1 is 0.200 bits per heavy atom. The summed E-state index contributed by atoms with van der Waals surface area (Å²) in [6, 6.07) is 97.7. The molecular weight excluding hydrogens is 1150 g/mol. The van der Waals surface area contributed by atoms with Gasteiger partial charge in [-0.25, -0.2) is 9.13 Å². The van der Waals surface area contributed by atoms with Gasteiger partial charge in [0.05, 0.1) is 0 Å². The standard InChI is InChI=1S/2C40H25O4P/c2*41-45(42)43-39-35(33-21-9-15-25-11-1-5-17-29(25)33)23-27-13-3-7-19-31(27)37(39)38-32-20-8-4-14-28(32)24-36(40(38)44-45)34-22-10-16-26-12-2-6-18-30(26)34/h2*1-24H,(H,41,42). The maximum atomic E-state index is 14.1. The van der Waals surface area contributed by atoms with Gasteiger partial charge >= 0.3 is 15.6 Å². The molecule has 0 fully saturated rings. The Labute approximate surface area is 516 Å². The van der Waals surface area contributed by atoms with Crippen LogP contribution < -0.4 is 18.1 Å². The molecule has 2 N–H and O–H groups in total. The lowest BCUT2D eigenvalue weighted by molar-refractivity contribution is 0.293. The van der Waals surface area contributed by atoms with Crippen LogP contribution in [-0.4, -0.2) is 9.79 Å². The van der Waals surface area contributed by atoms with Crippen LogP contribution in [0.4, 0.5) is 0 Å². The third-order valence-electron chi connectivity index (χ3n) is 17.7. The second-order valence-corrected chi connectivity index (χ2v) is 25.4. The molecule has 0 amide bonds. The lowest BCUT2D eigenvalue weighted by atomic mass is 9.85. The van der Waals surface area contributed by atoms with Crippen molar-refractivity contribution in [3.63, 3.8) is 0 Å². The van der Waals surface area contributed by atoms with Gasteiger partial charge in [0.15, 0.2) is 0 Å². The first-order valence-corrected chi connectivity index (χ1v) is 32.7. The molecule has 2 aliphatic heterocycles. The topological polar surface area (TPSA) is 112 Å². The van der Waals surface area contributed by atoms with Crippen molar-refractivity contribution in [1.82, 2.24) is 0 Å². The molecule has 0 radical (unpaired) electrons. The van der Waals surface area contributed by atoms with Gasteiger partial charge in [-0.2, -0.15) is 0 Å². The predicted molar refractivity (Wildman–Crippen MR) is 368 cm³/mol. The van der Waals surface area contributed by atoms with Crippen LogP contribution in [0.15, 0.2) is 291 Å². The molecule has 2 aliphatic rings. The summed E-state index contributed by atoms with van der Waals surface area (Å²) in [5.41, 5.74) is 9.48. The highest BCUT2D eigenvalue weighted by Crippen LogP contribution is 2.64. The van der Waals surface area contributed by atoms with Gasteiger partial charge in [-0.15, -0.1) is 0 Å². The van der Waals surface area contributed by atoms with Gasteiger partial charge < -0.3 is 18.1 Å². The number of fused-ring (bicyclic) bond motifs is 18. The average Bonchev–Trinajstić information content (AvgIpc) is 1.54. The van der Waals surface area contributed by atoms with Crippen LogP contribution in [0.1, 0.15) is 0 Å². The molecule has 0 saturated carbocycles. The van der Waals surface area contributed by atoms with Crippen molar-refractivity contribution >= 4 is 102 Å². The maximum Gasteiger partial charge on any atom is 0.584 e. The Bertz CT molecular complexity index is 5090. The van der Waals surface area contributed by atoms with Crippen LogP contribution in [0.5, 0.6) is 23.0 Å². The molecule has 8 nitrogen and oxygen atoms in total. The lowest BCUT2D eigenvalue weighted by Crippen LogP contribution is -2.00. The summed E-state index contributed by atoms with van der Waals surface area (Å²) in [6.45, 7) is 0. The number of phosphoric acid groups is 2. The van der Waals surface area contributed by atoms with Crippen molar-refractivity contribution in [2.75, 3.05) is 0 Å². The van der Waals surface area contributed by atoms with E-state index in [-0.39, 0.29) is 0 Å². The third kappa shape index (κ3) is 8.83. The van der Waals surface area contributed by atoms with Crippen molar-refractivity contribution in [3.8, 4) is 89.8 Å². The average molecular weight is 1200 g/mol. The van der Waals surface area contributed by atoms with Gasteiger partial charge in [0.25, 0.3) is 0 Å². The number of phosphoric ester groups is 2. The first-order chi connectivity index (χ1) is 44.1. The third-order valence-corrected chi connectivity index (χ3v) is 19.3. The van der Waals surface area contributed by atoms with Crippen molar-refractivity contribution in [2.24, 2.45) is 0 Å². The largest absolute Gasteiger partial charge is 0.584 e.